The molecule has 114 valence electrons. The third-order valence-electron chi connectivity index (χ3n) is 3.96. The second kappa shape index (κ2) is 6.32. The molecule has 1 aliphatic heterocycles. The Balaban J connectivity index is 1.77. The van der Waals surface area contributed by atoms with E-state index in [9.17, 15) is 9.59 Å². The van der Waals surface area contributed by atoms with Crippen LogP contribution in [0.4, 0.5) is 0 Å². The molecule has 2 heterocycles. The van der Waals surface area contributed by atoms with Crippen molar-refractivity contribution in [3.05, 3.63) is 46.7 Å². The van der Waals surface area contributed by atoms with E-state index < -0.39 is 0 Å². The Hall–Kier alpha value is -2.14. The topological polar surface area (TPSA) is 40.6 Å². The molecular formula is C17H18N2O2S. The molecule has 1 saturated heterocycles. The first-order valence-electron chi connectivity index (χ1n) is 7.34. The Morgan fingerprint density at radius 3 is 2.23 bits per heavy atom. The molecule has 0 bridgehead atoms. The zero-order valence-corrected chi connectivity index (χ0v) is 13.3. The summed E-state index contributed by atoms with van der Waals surface area (Å²) in [5.41, 5.74) is 2.05. The smallest absolute Gasteiger partial charge is 0.264 e. The molecule has 2 aromatic rings. The average Bonchev–Trinajstić information content (AvgIpc) is 3.04. The number of carbonyl (C=O) groups excluding carboxylic acids is 2. The van der Waals surface area contributed by atoms with Gasteiger partial charge in [-0.15, -0.1) is 11.3 Å². The van der Waals surface area contributed by atoms with Crippen LogP contribution in [0, 0.1) is 0 Å². The number of rotatable bonds is 2. The molecule has 0 N–H and O–H groups in total. The maximum Gasteiger partial charge on any atom is 0.264 e. The fraction of sp³-hybridized carbons (Fsp3) is 0.294. The van der Waals surface area contributed by atoms with Crippen LogP contribution in [0.5, 0.6) is 0 Å². The van der Waals surface area contributed by atoms with Gasteiger partial charge in [0.25, 0.3) is 5.91 Å². The number of hydrogen-bond acceptors (Lipinski definition) is 3. The zero-order chi connectivity index (χ0) is 15.5. The normalized spacial score (nSPS) is 15.0. The van der Waals surface area contributed by atoms with E-state index in [-0.39, 0.29) is 11.8 Å². The Morgan fingerprint density at radius 2 is 1.59 bits per heavy atom. The summed E-state index contributed by atoms with van der Waals surface area (Å²) >= 11 is 1.48. The van der Waals surface area contributed by atoms with Crippen LogP contribution in [0.3, 0.4) is 0 Å². The summed E-state index contributed by atoms with van der Waals surface area (Å²) in [6.45, 7) is 4.01. The van der Waals surface area contributed by atoms with Gasteiger partial charge in [-0.2, -0.15) is 0 Å². The lowest BCUT2D eigenvalue weighted by Crippen LogP contribution is -2.50. The maximum absolute atomic E-state index is 12.8. The van der Waals surface area contributed by atoms with Crippen molar-refractivity contribution in [1.82, 2.24) is 9.80 Å². The molecule has 0 saturated carbocycles. The second-order valence-electron chi connectivity index (χ2n) is 5.33. The molecule has 5 heteroatoms. The summed E-state index contributed by atoms with van der Waals surface area (Å²) in [6.07, 6.45) is 0. The molecule has 0 radical (unpaired) electrons. The van der Waals surface area contributed by atoms with Gasteiger partial charge in [-0.3, -0.25) is 9.59 Å². The van der Waals surface area contributed by atoms with Crippen molar-refractivity contribution in [2.45, 2.75) is 6.92 Å². The molecular weight excluding hydrogens is 296 g/mol. The number of nitrogens with zero attached hydrogens (tertiary/aromatic N) is 2. The molecule has 1 fully saturated rings. The van der Waals surface area contributed by atoms with Crippen molar-refractivity contribution in [2.24, 2.45) is 0 Å². The number of amides is 2. The Labute approximate surface area is 134 Å². The van der Waals surface area contributed by atoms with E-state index in [2.05, 4.69) is 0 Å². The maximum atomic E-state index is 12.8. The third kappa shape index (κ3) is 2.90. The van der Waals surface area contributed by atoms with Crippen molar-refractivity contribution < 1.29 is 9.59 Å². The molecule has 0 spiro atoms. The number of piperazine rings is 1. The van der Waals surface area contributed by atoms with E-state index in [4.69, 9.17) is 0 Å². The fourth-order valence-corrected chi connectivity index (χ4v) is 3.57. The largest absolute Gasteiger partial charge is 0.339 e. The van der Waals surface area contributed by atoms with Crippen molar-refractivity contribution >= 4 is 23.2 Å². The molecule has 1 aromatic carbocycles. The van der Waals surface area contributed by atoms with Crippen molar-refractivity contribution in [3.63, 3.8) is 0 Å². The quantitative estimate of drug-likeness (QED) is 0.855. The van der Waals surface area contributed by atoms with E-state index in [1.54, 1.807) is 11.8 Å². The van der Waals surface area contributed by atoms with Gasteiger partial charge in [-0.25, -0.2) is 0 Å². The van der Waals surface area contributed by atoms with Gasteiger partial charge >= 0.3 is 0 Å². The minimum Gasteiger partial charge on any atom is -0.339 e. The standard InChI is InChI=1S/C17H18N2O2S/c1-13(20)18-8-10-19(11-9-18)17(21)16-15(7-12-22-16)14-5-3-2-4-6-14/h2-7,12H,8-11H2,1H3. The van der Waals surface area contributed by atoms with Gasteiger partial charge in [0.15, 0.2) is 0 Å². The fourth-order valence-electron chi connectivity index (χ4n) is 2.69. The highest BCUT2D eigenvalue weighted by Gasteiger charge is 2.25. The van der Waals surface area contributed by atoms with Crippen LogP contribution in [0.1, 0.15) is 16.6 Å². The van der Waals surface area contributed by atoms with Gasteiger partial charge in [-0.1, -0.05) is 30.3 Å². The zero-order valence-electron chi connectivity index (χ0n) is 12.5. The highest BCUT2D eigenvalue weighted by atomic mass is 32.1. The van der Waals surface area contributed by atoms with Gasteiger partial charge in [0.2, 0.25) is 5.91 Å². The van der Waals surface area contributed by atoms with Crippen LogP contribution in [0.15, 0.2) is 41.8 Å². The molecule has 2 amide bonds. The summed E-state index contributed by atoms with van der Waals surface area (Å²) in [7, 11) is 0. The minimum absolute atomic E-state index is 0.0667. The highest BCUT2D eigenvalue weighted by Crippen LogP contribution is 2.29. The van der Waals surface area contributed by atoms with Crippen LogP contribution in [-0.2, 0) is 4.79 Å². The molecule has 0 aliphatic carbocycles. The Morgan fingerprint density at radius 1 is 0.955 bits per heavy atom. The van der Waals surface area contributed by atoms with Crippen molar-refractivity contribution in [1.29, 1.82) is 0 Å². The first-order valence-corrected chi connectivity index (χ1v) is 8.22. The molecule has 0 unspecified atom stereocenters. The summed E-state index contributed by atoms with van der Waals surface area (Å²) in [5.74, 6) is 0.144. The predicted octanol–water partition coefficient (Wildman–Crippen LogP) is 2.72. The minimum atomic E-state index is 0.0667. The van der Waals surface area contributed by atoms with Gasteiger partial charge in [0.05, 0.1) is 4.88 Å². The summed E-state index contributed by atoms with van der Waals surface area (Å²) in [6, 6.07) is 12.0. The monoisotopic (exact) mass is 314 g/mol. The molecule has 22 heavy (non-hydrogen) atoms. The van der Waals surface area contributed by atoms with Gasteiger partial charge < -0.3 is 9.80 Å². The van der Waals surface area contributed by atoms with Crippen LogP contribution < -0.4 is 0 Å². The van der Waals surface area contributed by atoms with Gasteiger partial charge in [0.1, 0.15) is 0 Å². The lowest BCUT2D eigenvalue weighted by atomic mass is 10.1. The number of benzene rings is 1. The SMILES string of the molecule is CC(=O)N1CCN(C(=O)c2sccc2-c2ccccc2)CC1. The summed E-state index contributed by atoms with van der Waals surface area (Å²) in [5, 5.41) is 1.96. The van der Waals surface area contributed by atoms with Crippen LogP contribution in [0.25, 0.3) is 11.1 Å². The molecule has 3 rings (SSSR count). The first-order chi connectivity index (χ1) is 10.7. The average molecular weight is 314 g/mol. The lowest BCUT2D eigenvalue weighted by molar-refractivity contribution is -0.130. The lowest BCUT2D eigenvalue weighted by Gasteiger charge is -2.34. The number of thiophene rings is 1. The third-order valence-corrected chi connectivity index (χ3v) is 4.86. The van der Waals surface area contributed by atoms with Crippen LogP contribution in [-0.4, -0.2) is 47.8 Å². The molecule has 1 aliphatic rings. The molecule has 1 aromatic heterocycles. The predicted molar refractivity (Wildman–Crippen MR) is 87.9 cm³/mol. The van der Waals surface area contributed by atoms with Gasteiger partial charge in [0, 0.05) is 38.7 Å². The van der Waals surface area contributed by atoms with E-state index in [0.717, 1.165) is 16.0 Å². The summed E-state index contributed by atoms with van der Waals surface area (Å²) in [4.78, 5) is 28.5. The van der Waals surface area contributed by atoms with Crippen molar-refractivity contribution in [2.75, 3.05) is 26.2 Å². The van der Waals surface area contributed by atoms with E-state index >= 15 is 0 Å². The number of carbonyl (C=O) groups is 2. The Bertz CT molecular complexity index is 673. The van der Waals surface area contributed by atoms with Crippen LogP contribution >= 0.6 is 11.3 Å². The molecule has 0 atom stereocenters. The van der Waals surface area contributed by atoms with Gasteiger partial charge in [-0.05, 0) is 17.0 Å². The second-order valence-corrected chi connectivity index (χ2v) is 6.24. The summed E-state index contributed by atoms with van der Waals surface area (Å²) < 4.78 is 0. The van der Waals surface area contributed by atoms with E-state index in [0.29, 0.717) is 26.2 Å². The molecule has 4 nitrogen and oxygen atoms in total. The van der Waals surface area contributed by atoms with E-state index in [1.165, 1.54) is 11.3 Å². The highest BCUT2D eigenvalue weighted by molar-refractivity contribution is 7.12. The van der Waals surface area contributed by atoms with Crippen LogP contribution in [0.2, 0.25) is 0 Å². The Kier molecular flexibility index (Phi) is 4.24. The van der Waals surface area contributed by atoms with Crippen molar-refractivity contribution in [3.8, 4) is 11.1 Å². The number of hydrogen-bond donors (Lipinski definition) is 0. The first kappa shape index (κ1) is 14.8. The van der Waals surface area contributed by atoms with E-state index in [1.807, 2.05) is 46.7 Å².